The predicted octanol–water partition coefficient (Wildman–Crippen LogP) is 1.96. The molecule has 0 fully saturated rings. The van der Waals surface area contributed by atoms with Gasteiger partial charge in [-0.1, -0.05) is 44.2 Å². The van der Waals surface area contributed by atoms with E-state index < -0.39 is 0 Å². The average Bonchev–Trinajstić information content (AvgIpc) is 2.39. The van der Waals surface area contributed by atoms with Crippen molar-refractivity contribution in [2.75, 3.05) is 13.7 Å². The number of carbonyl (C=O) groups excluding carboxylic acids is 2. The largest absolute Gasteiger partial charge is 0.350 e. The van der Waals surface area contributed by atoms with Crippen molar-refractivity contribution in [3.63, 3.8) is 0 Å². The lowest BCUT2D eigenvalue weighted by atomic mass is 10.1. The molecule has 0 aliphatic carbocycles. The average molecular weight is 249 g/mol. The highest BCUT2D eigenvalue weighted by Gasteiger charge is 2.19. The van der Waals surface area contributed by atoms with Crippen molar-refractivity contribution in [3.8, 4) is 0 Å². The molecule has 0 radical (unpaired) electrons. The van der Waals surface area contributed by atoms with E-state index in [1.165, 1.54) is 4.90 Å². The third-order valence-electron chi connectivity index (χ3n) is 2.62. The Morgan fingerprint density at radius 2 is 1.94 bits per heavy atom. The first-order valence-corrected chi connectivity index (χ1v) is 5.93. The van der Waals surface area contributed by atoms with Crippen LogP contribution in [0.3, 0.4) is 0 Å². The topological polar surface area (TPSA) is 46.6 Å². The molecule has 1 atom stereocenters. The zero-order valence-corrected chi connectivity index (χ0v) is 11.0. The van der Waals surface area contributed by atoms with Gasteiger partial charge in [-0.15, -0.1) is 0 Å². The van der Waals surface area contributed by atoms with E-state index in [1.807, 2.05) is 32.0 Å². The van der Waals surface area contributed by atoms with Crippen molar-refractivity contribution in [1.82, 2.24) is 4.90 Å². The van der Waals surface area contributed by atoms with Gasteiger partial charge in [-0.25, -0.2) is 0 Å². The van der Waals surface area contributed by atoms with Gasteiger partial charge in [0, 0.05) is 12.6 Å². The van der Waals surface area contributed by atoms with Crippen LogP contribution in [-0.4, -0.2) is 37.0 Å². The maximum absolute atomic E-state index is 11.9. The highest BCUT2D eigenvalue weighted by atomic mass is 16.5. The zero-order chi connectivity index (χ0) is 13.5. The lowest BCUT2D eigenvalue weighted by molar-refractivity contribution is -0.133. The molecule has 0 saturated heterocycles. The van der Waals surface area contributed by atoms with Crippen molar-refractivity contribution >= 4 is 12.2 Å². The molecule has 0 aliphatic rings. The van der Waals surface area contributed by atoms with Crippen LogP contribution in [0, 0.1) is 5.92 Å². The molecular formula is C14H19NO3. The Hall–Kier alpha value is -1.68. The molecular weight excluding hydrogens is 230 g/mol. The normalized spacial score (nSPS) is 12.2. The number of ether oxygens (including phenoxy) is 1. The van der Waals surface area contributed by atoms with Gasteiger partial charge in [0.05, 0.1) is 0 Å². The highest BCUT2D eigenvalue weighted by Crippen LogP contribution is 2.10. The molecule has 1 amide bonds. The molecule has 1 unspecified atom stereocenters. The smallest absolute Gasteiger partial charge is 0.211 e. The third-order valence-corrected chi connectivity index (χ3v) is 2.62. The van der Waals surface area contributed by atoms with Crippen molar-refractivity contribution in [3.05, 3.63) is 35.9 Å². The molecule has 1 aromatic rings. The van der Waals surface area contributed by atoms with E-state index in [0.717, 1.165) is 0 Å². The van der Waals surface area contributed by atoms with Crippen LogP contribution in [-0.2, 0) is 9.53 Å². The van der Waals surface area contributed by atoms with Crippen molar-refractivity contribution in [1.29, 1.82) is 0 Å². The van der Waals surface area contributed by atoms with Gasteiger partial charge in [-0.05, 0) is 5.92 Å². The molecule has 1 rings (SSSR count). The van der Waals surface area contributed by atoms with Gasteiger partial charge in [-0.2, -0.15) is 0 Å². The zero-order valence-electron chi connectivity index (χ0n) is 11.0. The quantitative estimate of drug-likeness (QED) is 0.421. The summed E-state index contributed by atoms with van der Waals surface area (Å²) in [7, 11) is 1.64. The fourth-order valence-electron chi connectivity index (χ4n) is 1.71. The van der Waals surface area contributed by atoms with Crippen LogP contribution in [0.15, 0.2) is 30.3 Å². The number of ketones is 1. The molecule has 0 bridgehead atoms. The number of benzene rings is 1. The molecule has 98 valence electrons. The van der Waals surface area contributed by atoms with E-state index >= 15 is 0 Å². The minimum atomic E-state index is -0.379. The number of hydrogen-bond acceptors (Lipinski definition) is 3. The van der Waals surface area contributed by atoms with Crippen molar-refractivity contribution < 1.29 is 14.3 Å². The Labute approximate surface area is 108 Å². The Bertz CT molecular complexity index is 389. The molecule has 4 nitrogen and oxygen atoms in total. The third kappa shape index (κ3) is 3.96. The number of rotatable bonds is 7. The summed E-state index contributed by atoms with van der Waals surface area (Å²) in [6.45, 7) is 3.86. The number of nitrogens with zero attached hydrogens (tertiary/aromatic N) is 1. The van der Waals surface area contributed by atoms with Crippen LogP contribution >= 0.6 is 0 Å². The Balaban J connectivity index is 2.58. The maximum atomic E-state index is 11.9. The molecule has 0 spiro atoms. The molecule has 1 aromatic carbocycles. The molecule has 0 N–H and O–H groups in total. The van der Waals surface area contributed by atoms with Crippen LogP contribution in [0.5, 0.6) is 0 Å². The fraction of sp³-hybridized carbons (Fsp3) is 0.429. The van der Waals surface area contributed by atoms with Gasteiger partial charge >= 0.3 is 0 Å². The lowest BCUT2D eigenvalue weighted by Gasteiger charge is -2.27. The summed E-state index contributed by atoms with van der Waals surface area (Å²) in [6.07, 6.45) is 0.327. The van der Waals surface area contributed by atoms with E-state index in [2.05, 4.69) is 0 Å². The lowest BCUT2D eigenvalue weighted by Crippen LogP contribution is -2.38. The van der Waals surface area contributed by atoms with Crippen LogP contribution in [0.2, 0.25) is 0 Å². The molecule has 18 heavy (non-hydrogen) atoms. The predicted molar refractivity (Wildman–Crippen MR) is 69.2 cm³/mol. The van der Waals surface area contributed by atoms with Crippen molar-refractivity contribution in [2.45, 2.75) is 20.1 Å². The number of hydrogen-bond donors (Lipinski definition) is 0. The van der Waals surface area contributed by atoms with Gasteiger partial charge in [-0.3, -0.25) is 9.59 Å². The summed E-state index contributed by atoms with van der Waals surface area (Å²) in [4.78, 5) is 24.0. The van der Waals surface area contributed by atoms with Gasteiger partial charge < -0.3 is 9.64 Å². The minimum absolute atomic E-state index is 0.0228. The fourth-order valence-corrected chi connectivity index (χ4v) is 1.71. The Morgan fingerprint density at radius 1 is 1.33 bits per heavy atom. The minimum Gasteiger partial charge on any atom is -0.350 e. The Morgan fingerprint density at radius 3 is 2.44 bits per heavy atom. The molecule has 0 heterocycles. The highest BCUT2D eigenvalue weighted by molar-refractivity contribution is 5.97. The first-order valence-electron chi connectivity index (χ1n) is 5.93. The second-order valence-corrected chi connectivity index (χ2v) is 4.51. The van der Waals surface area contributed by atoms with E-state index in [9.17, 15) is 9.59 Å². The van der Waals surface area contributed by atoms with Gasteiger partial charge in [0.1, 0.15) is 12.8 Å². The number of Topliss-reactive ketones (excluding diaryl/α,β-unsaturated/α-hetero) is 1. The summed E-state index contributed by atoms with van der Waals surface area (Å²) >= 11 is 0. The Kier molecular flexibility index (Phi) is 5.52. The van der Waals surface area contributed by atoms with E-state index in [0.29, 0.717) is 12.0 Å². The maximum Gasteiger partial charge on any atom is 0.211 e. The van der Waals surface area contributed by atoms with Crippen LogP contribution in [0.25, 0.3) is 0 Å². The second kappa shape index (κ2) is 6.91. The van der Waals surface area contributed by atoms with Gasteiger partial charge in [0.25, 0.3) is 0 Å². The molecule has 0 saturated carbocycles. The van der Waals surface area contributed by atoms with Crippen LogP contribution < -0.4 is 0 Å². The summed E-state index contributed by atoms with van der Waals surface area (Å²) in [5.74, 6) is 0.0457. The van der Waals surface area contributed by atoms with Crippen LogP contribution in [0.1, 0.15) is 24.2 Å². The first kappa shape index (κ1) is 14.4. The summed E-state index contributed by atoms with van der Waals surface area (Å²) in [5, 5.41) is 0. The summed E-state index contributed by atoms with van der Waals surface area (Å²) in [6, 6.07) is 8.98. The van der Waals surface area contributed by atoms with Gasteiger partial charge in [0.15, 0.2) is 5.78 Å². The number of carbonyl (C=O) groups is 2. The van der Waals surface area contributed by atoms with Crippen molar-refractivity contribution in [2.24, 2.45) is 5.92 Å². The van der Waals surface area contributed by atoms with Gasteiger partial charge in [0.2, 0.25) is 6.41 Å². The van der Waals surface area contributed by atoms with E-state index in [-0.39, 0.29) is 24.5 Å². The van der Waals surface area contributed by atoms with Crippen LogP contribution in [0.4, 0.5) is 0 Å². The monoisotopic (exact) mass is 249 g/mol. The first-order chi connectivity index (χ1) is 8.56. The van der Waals surface area contributed by atoms with E-state index in [1.54, 1.807) is 19.2 Å². The molecule has 4 heteroatoms. The summed E-state index contributed by atoms with van der Waals surface area (Å²) in [5.41, 5.74) is 0.619. The summed E-state index contributed by atoms with van der Waals surface area (Å²) < 4.78 is 5.52. The molecule has 0 aromatic heterocycles. The van der Waals surface area contributed by atoms with E-state index in [4.69, 9.17) is 4.74 Å². The SMILES string of the molecule is CC(C)C(OCC(=O)c1ccccc1)N(C)C=O. The second-order valence-electron chi connectivity index (χ2n) is 4.51. The molecule has 0 aliphatic heterocycles. The standard InChI is InChI=1S/C14H19NO3/c1-11(2)14(15(3)10-16)18-9-13(17)12-7-5-4-6-8-12/h4-8,10-11,14H,9H2,1-3H3. The number of amides is 1.